The third-order valence-corrected chi connectivity index (χ3v) is 2.99. The second kappa shape index (κ2) is 4.72. The summed E-state index contributed by atoms with van der Waals surface area (Å²) in [6, 6.07) is 8.39. The van der Waals surface area contributed by atoms with E-state index in [9.17, 15) is 0 Å². The van der Waals surface area contributed by atoms with Crippen molar-refractivity contribution in [3.8, 4) is 0 Å². The topological polar surface area (TPSA) is 43.8 Å². The average molecular weight is 229 g/mol. The first kappa shape index (κ1) is 11.9. The van der Waals surface area contributed by atoms with Crippen LogP contribution in [0.25, 0.3) is 0 Å². The SMILES string of the molecule is Cc1ccc(C)c(C(N)Cn2ccc(C)n2)c1. The van der Waals surface area contributed by atoms with E-state index in [1.165, 1.54) is 16.7 Å². The zero-order valence-corrected chi connectivity index (χ0v) is 10.6. The van der Waals surface area contributed by atoms with E-state index in [0.717, 1.165) is 12.2 Å². The highest BCUT2D eigenvalue weighted by Gasteiger charge is 2.10. The molecule has 3 heteroatoms. The predicted octanol–water partition coefficient (Wildman–Crippen LogP) is 2.51. The molecule has 17 heavy (non-hydrogen) atoms. The van der Waals surface area contributed by atoms with E-state index in [4.69, 9.17) is 5.73 Å². The molecule has 0 aliphatic carbocycles. The third kappa shape index (κ3) is 2.74. The van der Waals surface area contributed by atoms with Crippen molar-refractivity contribution in [3.05, 3.63) is 52.8 Å². The molecule has 90 valence electrons. The first-order chi connectivity index (χ1) is 8.06. The molecule has 0 saturated heterocycles. The lowest BCUT2D eigenvalue weighted by atomic mass is 9.99. The number of aromatic nitrogens is 2. The minimum Gasteiger partial charge on any atom is -0.322 e. The maximum Gasteiger partial charge on any atom is 0.0602 e. The third-order valence-electron chi connectivity index (χ3n) is 2.99. The van der Waals surface area contributed by atoms with E-state index in [1.807, 2.05) is 23.9 Å². The van der Waals surface area contributed by atoms with Gasteiger partial charge >= 0.3 is 0 Å². The van der Waals surface area contributed by atoms with Crippen molar-refractivity contribution in [3.63, 3.8) is 0 Å². The van der Waals surface area contributed by atoms with Gasteiger partial charge in [-0.1, -0.05) is 23.8 Å². The standard InChI is InChI=1S/C14H19N3/c1-10-4-5-11(2)13(8-10)14(15)9-17-7-6-12(3)16-17/h4-8,14H,9,15H2,1-3H3. The molecule has 0 radical (unpaired) electrons. The lowest BCUT2D eigenvalue weighted by Gasteiger charge is -2.15. The van der Waals surface area contributed by atoms with Crippen LogP contribution in [0.4, 0.5) is 0 Å². The van der Waals surface area contributed by atoms with Crippen molar-refractivity contribution in [2.75, 3.05) is 0 Å². The number of nitrogens with two attached hydrogens (primary N) is 1. The van der Waals surface area contributed by atoms with Gasteiger partial charge in [0.25, 0.3) is 0 Å². The molecular weight excluding hydrogens is 210 g/mol. The van der Waals surface area contributed by atoms with Crippen molar-refractivity contribution in [1.82, 2.24) is 9.78 Å². The van der Waals surface area contributed by atoms with E-state index in [1.54, 1.807) is 0 Å². The fraction of sp³-hybridized carbons (Fsp3) is 0.357. The van der Waals surface area contributed by atoms with Gasteiger partial charge in [-0.05, 0) is 38.0 Å². The normalized spacial score (nSPS) is 12.7. The number of rotatable bonds is 3. The number of benzene rings is 1. The Balaban J connectivity index is 2.19. The maximum absolute atomic E-state index is 6.25. The second-order valence-corrected chi connectivity index (χ2v) is 4.65. The zero-order valence-electron chi connectivity index (χ0n) is 10.6. The van der Waals surface area contributed by atoms with Gasteiger partial charge in [0.2, 0.25) is 0 Å². The zero-order chi connectivity index (χ0) is 12.4. The maximum atomic E-state index is 6.25. The highest BCUT2D eigenvalue weighted by molar-refractivity contribution is 5.32. The van der Waals surface area contributed by atoms with Gasteiger partial charge in [-0.25, -0.2) is 0 Å². The van der Waals surface area contributed by atoms with Crippen LogP contribution < -0.4 is 5.73 Å². The second-order valence-electron chi connectivity index (χ2n) is 4.65. The summed E-state index contributed by atoms with van der Waals surface area (Å²) in [7, 11) is 0. The van der Waals surface area contributed by atoms with Gasteiger partial charge in [0.15, 0.2) is 0 Å². The van der Waals surface area contributed by atoms with Crippen molar-refractivity contribution >= 4 is 0 Å². The summed E-state index contributed by atoms with van der Waals surface area (Å²) in [6.45, 7) is 6.90. The lowest BCUT2D eigenvalue weighted by molar-refractivity contribution is 0.523. The molecule has 1 heterocycles. The van der Waals surface area contributed by atoms with Crippen LogP contribution in [0.15, 0.2) is 30.5 Å². The van der Waals surface area contributed by atoms with E-state index >= 15 is 0 Å². The Kier molecular flexibility index (Phi) is 3.29. The van der Waals surface area contributed by atoms with Gasteiger partial charge in [0.05, 0.1) is 12.2 Å². The van der Waals surface area contributed by atoms with Gasteiger partial charge in [-0.3, -0.25) is 4.68 Å². The first-order valence-electron chi connectivity index (χ1n) is 5.89. The Morgan fingerprint density at radius 1 is 1.24 bits per heavy atom. The molecule has 1 unspecified atom stereocenters. The van der Waals surface area contributed by atoms with Crippen LogP contribution in [-0.4, -0.2) is 9.78 Å². The number of aryl methyl sites for hydroxylation is 3. The van der Waals surface area contributed by atoms with E-state index < -0.39 is 0 Å². The van der Waals surface area contributed by atoms with Crippen molar-refractivity contribution in [1.29, 1.82) is 0 Å². The van der Waals surface area contributed by atoms with Crippen molar-refractivity contribution < 1.29 is 0 Å². The fourth-order valence-electron chi connectivity index (χ4n) is 2.02. The highest BCUT2D eigenvalue weighted by Crippen LogP contribution is 2.18. The van der Waals surface area contributed by atoms with Crippen LogP contribution >= 0.6 is 0 Å². The number of hydrogen-bond donors (Lipinski definition) is 1. The van der Waals surface area contributed by atoms with Crippen LogP contribution in [0.3, 0.4) is 0 Å². The molecule has 0 bridgehead atoms. The number of hydrogen-bond acceptors (Lipinski definition) is 2. The molecule has 0 spiro atoms. The highest BCUT2D eigenvalue weighted by atomic mass is 15.3. The summed E-state index contributed by atoms with van der Waals surface area (Å²) in [4.78, 5) is 0. The summed E-state index contributed by atoms with van der Waals surface area (Å²) < 4.78 is 1.90. The van der Waals surface area contributed by atoms with E-state index in [0.29, 0.717) is 0 Å². The molecule has 0 aliphatic rings. The van der Waals surface area contributed by atoms with Crippen LogP contribution in [0, 0.1) is 20.8 Å². The summed E-state index contributed by atoms with van der Waals surface area (Å²) >= 11 is 0. The lowest BCUT2D eigenvalue weighted by Crippen LogP contribution is -2.19. The molecule has 1 aromatic heterocycles. The summed E-state index contributed by atoms with van der Waals surface area (Å²) in [5.41, 5.74) is 11.0. The van der Waals surface area contributed by atoms with Gasteiger partial charge < -0.3 is 5.73 Å². The molecule has 1 aromatic carbocycles. The molecule has 0 fully saturated rings. The minimum absolute atomic E-state index is 0.00537. The summed E-state index contributed by atoms with van der Waals surface area (Å²) in [5, 5.41) is 4.36. The Hall–Kier alpha value is -1.61. The molecule has 3 nitrogen and oxygen atoms in total. The fourth-order valence-corrected chi connectivity index (χ4v) is 2.02. The molecule has 2 rings (SSSR count). The molecular formula is C14H19N3. The van der Waals surface area contributed by atoms with Crippen molar-refractivity contribution in [2.24, 2.45) is 5.73 Å². The van der Waals surface area contributed by atoms with Gasteiger partial charge in [0, 0.05) is 12.2 Å². The van der Waals surface area contributed by atoms with Crippen LogP contribution in [-0.2, 0) is 6.54 Å². The van der Waals surface area contributed by atoms with Gasteiger partial charge in [-0.2, -0.15) is 5.10 Å². The largest absolute Gasteiger partial charge is 0.322 e. The average Bonchev–Trinajstić information content (AvgIpc) is 2.67. The minimum atomic E-state index is -0.00537. The molecule has 0 amide bonds. The summed E-state index contributed by atoms with van der Waals surface area (Å²) in [5.74, 6) is 0. The van der Waals surface area contributed by atoms with Crippen LogP contribution in [0.2, 0.25) is 0 Å². The quantitative estimate of drug-likeness (QED) is 0.878. The Morgan fingerprint density at radius 2 is 2.00 bits per heavy atom. The monoisotopic (exact) mass is 229 g/mol. The molecule has 2 N–H and O–H groups in total. The van der Waals surface area contributed by atoms with E-state index in [2.05, 4.69) is 37.1 Å². The smallest absolute Gasteiger partial charge is 0.0602 e. The Morgan fingerprint density at radius 3 is 2.65 bits per heavy atom. The molecule has 0 aliphatic heterocycles. The number of nitrogens with zero attached hydrogens (tertiary/aromatic N) is 2. The molecule has 2 aromatic rings. The van der Waals surface area contributed by atoms with Crippen molar-refractivity contribution in [2.45, 2.75) is 33.4 Å². The summed E-state index contributed by atoms with van der Waals surface area (Å²) in [6.07, 6.45) is 1.97. The Labute approximate surface area is 102 Å². The van der Waals surface area contributed by atoms with Crippen LogP contribution in [0.5, 0.6) is 0 Å². The Bertz CT molecular complexity index is 514. The van der Waals surface area contributed by atoms with Gasteiger partial charge in [-0.15, -0.1) is 0 Å². The molecule has 1 atom stereocenters. The first-order valence-corrected chi connectivity index (χ1v) is 5.89. The van der Waals surface area contributed by atoms with Crippen LogP contribution in [0.1, 0.15) is 28.4 Å². The molecule has 0 saturated carbocycles. The van der Waals surface area contributed by atoms with E-state index in [-0.39, 0.29) is 6.04 Å². The van der Waals surface area contributed by atoms with Gasteiger partial charge in [0.1, 0.15) is 0 Å². The predicted molar refractivity (Wildman–Crippen MR) is 69.8 cm³/mol.